The zero-order valence-corrected chi connectivity index (χ0v) is 12.9. The number of aromatic nitrogens is 1. The molecule has 1 heterocycles. The fourth-order valence-electron chi connectivity index (χ4n) is 1.79. The van der Waals surface area contributed by atoms with Crippen molar-refractivity contribution in [1.82, 2.24) is 10.3 Å². The second kappa shape index (κ2) is 6.83. The molecule has 2 amide bonds. The number of carbonyl (C=O) groups is 2. The molecule has 7 heteroatoms. The fraction of sp³-hybridized carbons (Fsp3) is 0.200. The molecule has 0 aliphatic heterocycles. The van der Waals surface area contributed by atoms with Gasteiger partial charge in [-0.25, -0.2) is 4.98 Å². The third-order valence-corrected chi connectivity index (χ3v) is 3.66. The molecule has 22 heavy (non-hydrogen) atoms. The quantitative estimate of drug-likeness (QED) is 0.906. The van der Waals surface area contributed by atoms with E-state index < -0.39 is 0 Å². The average molecular weight is 314 g/mol. The molecule has 112 valence electrons. The largest absolute Gasteiger partial charge is 0.344 e. The molecule has 6 nitrogen and oxygen atoms in total. The maximum Gasteiger partial charge on any atom is 0.271 e. The van der Waals surface area contributed by atoms with Crippen LogP contribution in [-0.4, -0.2) is 16.8 Å². The van der Waals surface area contributed by atoms with Gasteiger partial charge in [0, 0.05) is 12.3 Å². The number of nitriles is 1. The Morgan fingerprint density at radius 1 is 1.32 bits per heavy atom. The monoisotopic (exact) mass is 314 g/mol. The summed E-state index contributed by atoms with van der Waals surface area (Å²) in [5, 5.41) is 16.1. The van der Waals surface area contributed by atoms with Crippen LogP contribution < -0.4 is 10.6 Å². The molecule has 0 bridgehead atoms. The molecule has 0 spiro atoms. The summed E-state index contributed by atoms with van der Waals surface area (Å²) < 4.78 is 0. The van der Waals surface area contributed by atoms with Crippen LogP contribution in [0.15, 0.2) is 29.6 Å². The Bertz CT molecular complexity index is 731. The van der Waals surface area contributed by atoms with Crippen LogP contribution in [-0.2, 0) is 4.79 Å². The maximum absolute atomic E-state index is 12.1. The Hall–Kier alpha value is -2.72. The van der Waals surface area contributed by atoms with Gasteiger partial charge in [0.2, 0.25) is 5.91 Å². The van der Waals surface area contributed by atoms with E-state index in [4.69, 9.17) is 5.26 Å². The van der Waals surface area contributed by atoms with Crippen molar-refractivity contribution >= 4 is 28.3 Å². The molecule has 0 fully saturated rings. The van der Waals surface area contributed by atoms with Crippen LogP contribution in [0, 0.1) is 11.3 Å². The molecule has 1 aromatic heterocycles. The second-order valence-corrected chi connectivity index (χ2v) is 5.51. The van der Waals surface area contributed by atoms with Crippen molar-refractivity contribution in [1.29, 1.82) is 5.26 Å². The van der Waals surface area contributed by atoms with Crippen LogP contribution in [0.5, 0.6) is 0 Å². The van der Waals surface area contributed by atoms with Crippen molar-refractivity contribution in [3.63, 3.8) is 0 Å². The number of nitrogens with zero attached hydrogens (tertiary/aromatic N) is 2. The summed E-state index contributed by atoms with van der Waals surface area (Å²) in [6.45, 7) is 3.23. The van der Waals surface area contributed by atoms with Gasteiger partial charge >= 0.3 is 0 Å². The molecule has 0 saturated heterocycles. The molecular weight excluding hydrogens is 300 g/mol. The highest BCUT2D eigenvalue weighted by atomic mass is 32.1. The van der Waals surface area contributed by atoms with Gasteiger partial charge in [0.25, 0.3) is 5.91 Å². The molecular formula is C15H14N4O2S. The van der Waals surface area contributed by atoms with Crippen molar-refractivity contribution < 1.29 is 9.59 Å². The zero-order chi connectivity index (χ0) is 16.1. The first-order valence-corrected chi connectivity index (χ1v) is 7.41. The third-order valence-electron chi connectivity index (χ3n) is 2.91. The van der Waals surface area contributed by atoms with Gasteiger partial charge in [0.05, 0.1) is 17.7 Å². The van der Waals surface area contributed by atoms with Gasteiger partial charge in [-0.2, -0.15) is 5.26 Å². The summed E-state index contributed by atoms with van der Waals surface area (Å²) in [5.74, 6) is -0.544. The van der Waals surface area contributed by atoms with E-state index in [0.29, 0.717) is 10.7 Å². The molecule has 2 N–H and O–H groups in total. The van der Waals surface area contributed by atoms with Gasteiger partial charge in [-0.05, 0) is 24.6 Å². The van der Waals surface area contributed by atoms with E-state index in [2.05, 4.69) is 15.6 Å². The number of benzene rings is 1. The number of carbonyl (C=O) groups excluding carboxylic acids is 2. The highest BCUT2D eigenvalue weighted by Gasteiger charge is 2.15. The van der Waals surface area contributed by atoms with Crippen molar-refractivity contribution in [3.8, 4) is 6.07 Å². The number of hydrogen-bond acceptors (Lipinski definition) is 5. The van der Waals surface area contributed by atoms with E-state index in [1.165, 1.54) is 18.3 Å². The summed E-state index contributed by atoms with van der Waals surface area (Å²) in [6.07, 6.45) is 0. The lowest BCUT2D eigenvalue weighted by Gasteiger charge is -2.13. The number of rotatable bonds is 4. The van der Waals surface area contributed by atoms with Gasteiger partial charge in [-0.3, -0.25) is 9.59 Å². The van der Waals surface area contributed by atoms with E-state index in [1.54, 1.807) is 29.6 Å². The summed E-state index contributed by atoms with van der Waals surface area (Å²) in [4.78, 5) is 27.1. The molecule has 0 radical (unpaired) electrons. The summed E-state index contributed by atoms with van der Waals surface area (Å²) in [5.41, 5.74) is 1.72. The highest BCUT2D eigenvalue weighted by molar-refractivity contribution is 7.14. The first-order valence-electron chi connectivity index (χ1n) is 6.53. The second-order valence-electron chi connectivity index (χ2n) is 4.65. The van der Waals surface area contributed by atoms with Crippen molar-refractivity contribution in [3.05, 3.63) is 46.5 Å². The third kappa shape index (κ3) is 3.90. The van der Waals surface area contributed by atoms with Gasteiger partial charge in [0.15, 0.2) is 5.13 Å². The summed E-state index contributed by atoms with van der Waals surface area (Å²) in [6, 6.07) is 8.84. The number of nitrogens with one attached hydrogen (secondary N) is 2. The molecule has 1 atom stereocenters. The normalized spacial score (nSPS) is 11.3. The maximum atomic E-state index is 12.1. The molecule has 0 saturated carbocycles. The van der Waals surface area contributed by atoms with Crippen LogP contribution in [0.4, 0.5) is 5.13 Å². The van der Waals surface area contributed by atoms with E-state index in [-0.39, 0.29) is 23.6 Å². The average Bonchev–Trinajstić information content (AvgIpc) is 2.95. The van der Waals surface area contributed by atoms with E-state index in [9.17, 15) is 9.59 Å². The predicted molar refractivity (Wildman–Crippen MR) is 83.5 cm³/mol. The first kappa shape index (κ1) is 15.7. The van der Waals surface area contributed by atoms with Gasteiger partial charge < -0.3 is 10.6 Å². The van der Waals surface area contributed by atoms with E-state index >= 15 is 0 Å². The number of amides is 2. The summed E-state index contributed by atoms with van der Waals surface area (Å²) in [7, 11) is 0. The fourth-order valence-corrected chi connectivity index (χ4v) is 2.52. The lowest BCUT2D eigenvalue weighted by atomic mass is 10.1. The van der Waals surface area contributed by atoms with Crippen molar-refractivity contribution in [2.24, 2.45) is 0 Å². The topological polar surface area (TPSA) is 94.9 Å². The minimum Gasteiger partial charge on any atom is -0.344 e. The van der Waals surface area contributed by atoms with Crippen LogP contribution in [0.2, 0.25) is 0 Å². The van der Waals surface area contributed by atoms with Crippen LogP contribution in [0.3, 0.4) is 0 Å². The van der Waals surface area contributed by atoms with Gasteiger partial charge in [-0.15, -0.1) is 11.3 Å². The van der Waals surface area contributed by atoms with Crippen molar-refractivity contribution in [2.75, 3.05) is 5.32 Å². The Labute approximate surface area is 131 Å². The molecule has 2 rings (SSSR count). The predicted octanol–water partition coefficient (Wildman–Crippen LogP) is 2.46. The summed E-state index contributed by atoms with van der Waals surface area (Å²) >= 11 is 1.19. The molecule has 0 unspecified atom stereocenters. The minimum absolute atomic E-state index is 0.217. The van der Waals surface area contributed by atoms with E-state index in [0.717, 1.165) is 5.56 Å². The molecule has 0 aliphatic carbocycles. The Kier molecular flexibility index (Phi) is 4.86. The SMILES string of the molecule is CC(=O)Nc1nc(C(=O)N[C@@H](C)c2ccc(C#N)cc2)cs1. The smallest absolute Gasteiger partial charge is 0.271 e. The number of hydrogen-bond donors (Lipinski definition) is 2. The standard InChI is InChI=1S/C15H14N4O2S/c1-9(12-5-3-11(7-16)4-6-12)17-14(21)13-8-22-15(19-13)18-10(2)20/h3-6,8-9H,1-2H3,(H,17,21)(H,18,19,20)/t9-/m0/s1. The molecule has 1 aromatic carbocycles. The Balaban J connectivity index is 2.02. The van der Waals surface area contributed by atoms with Crippen LogP contribution >= 0.6 is 11.3 Å². The number of anilines is 1. The highest BCUT2D eigenvalue weighted by Crippen LogP contribution is 2.17. The Morgan fingerprint density at radius 2 is 2.00 bits per heavy atom. The van der Waals surface area contributed by atoms with Crippen molar-refractivity contribution in [2.45, 2.75) is 19.9 Å². The first-order chi connectivity index (χ1) is 10.5. The van der Waals surface area contributed by atoms with Crippen LogP contribution in [0.1, 0.15) is 41.5 Å². The minimum atomic E-state index is -0.315. The van der Waals surface area contributed by atoms with Crippen LogP contribution in [0.25, 0.3) is 0 Å². The lowest BCUT2D eigenvalue weighted by molar-refractivity contribution is -0.114. The van der Waals surface area contributed by atoms with Gasteiger partial charge in [-0.1, -0.05) is 12.1 Å². The number of thiazole rings is 1. The Morgan fingerprint density at radius 3 is 2.59 bits per heavy atom. The molecule has 0 aliphatic rings. The lowest BCUT2D eigenvalue weighted by Crippen LogP contribution is -2.27. The van der Waals surface area contributed by atoms with E-state index in [1.807, 2.05) is 13.0 Å². The zero-order valence-electron chi connectivity index (χ0n) is 12.1. The van der Waals surface area contributed by atoms with Gasteiger partial charge in [0.1, 0.15) is 5.69 Å². The molecule has 2 aromatic rings.